The van der Waals surface area contributed by atoms with Crippen LogP contribution in [-0.4, -0.2) is 12.1 Å². The van der Waals surface area contributed by atoms with Crippen LogP contribution in [0.25, 0.3) is 0 Å². The molecule has 0 aliphatic heterocycles. The molecule has 3 N–H and O–H groups in total. The summed E-state index contributed by atoms with van der Waals surface area (Å²) < 4.78 is 5.70. The molecule has 0 heterocycles. The van der Waals surface area contributed by atoms with Gasteiger partial charge in [0, 0.05) is 17.8 Å². The van der Waals surface area contributed by atoms with Crippen molar-refractivity contribution < 1.29 is 4.74 Å². The molecule has 1 aliphatic rings. The standard InChI is InChI=1S/C15H24N2O/c1-10(2)18-15-9-13(6-7-14(15)16)17-11(3)8-12-4-5-12/h6-7,9-12,17H,4-5,8,16H2,1-3H3. The quantitative estimate of drug-likeness (QED) is 0.755. The summed E-state index contributed by atoms with van der Waals surface area (Å²) in [5.74, 6) is 1.71. The number of anilines is 2. The largest absolute Gasteiger partial charge is 0.489 e. The summed E-state index contributed by atoms with van der Waals surface area (Å²) in [5.41, 5.74) is 7.70. The zero-order valence-corrected chi connectivity index (χ0v) is 11.6. The highest BCUT2D eigenvalue weighted by molar-refractivity contribution is 5.61. The molecule has 0 bridgehead atoms. The molecule has 0 saturated heterocycles. The van der Waals surface area contributed by atoms with Crippen LogP contribution in [0.2, 0.25) is 0 Å². The highest BCUT2D eigenvalue weighted by Gasteiger charge is 2.23. The van der Waals surface area contributed by atoms with Crippen molar-refractivity contribution in [1.29, 1.82) is 0 Å². The molecule has 1 aromatic carbocycles. The molecule has 0 spiro atoms. The Morgan fingerprint density at radius 2 is 2.06 bits per heavy atom. The van der Waals surface area contributed by atoms with Gasteiger partial charge in [0.15, 0.2) is 0 Å². The maximum Gasteiger partial charge on any atom is 0.144 e. The molecule has 0 radical (unpaired) electrons. The van der Waals surface area contributed by atoms with Crippen molar-refractivity contribution in [1.82, 2.24) is 0 Å². The van der Waals surface area contributed by atoms with Gasteiger partial charge in [0.2, 0.25) is 0 Å². The molecule has 1 aliphatic carbocycles. The molecular weight excluding hydrogens is 224 g/mol. The zero-order valence-electron chi connectivity index (χ0n) is 11.6. The molecular formula is C15H24N2O. The minimum absolute atomic E-state index is 0.145. The number of benzene rings is 1. The monoisotopic (exact) mass is 248 g/mol. The lowest BCUT2D eigenvalue weighted by Crippen LogP contribution is -2.16. The van der Waals surface area contributed by atoms with Gasteiger partial charge in [-0.05, 0) is 45.2 Å². The molecule has 1 fully saturated rings. The fourth-order valence-corrected chi connectivity index (χ4v) is 2.18. The topological polar surface area (TPSA) is 47.3 Å². The van der Waals surface area contributed by atoms with E-state index < -0.39 is 0 Å². The number of nitrogens with two attached hydrogens (primary N) is 1. The predicted octanol–water partition coefficient (Wildman–Crippen LogP) is 3.66. The number of rotatable bonds is 6. The van der Waals surface area contributed by atoms with Crippen LogP contribution in [0.4, 0.5) is 11.4 Å². The van der Waals surface area contributed by atoms with Crippen molar-refractivity contribution in [2.45, 2.75) is 52.2 Å². The summed E-state index contributed by atoms with van der Waals surface area (Å²) in [4.78, 5) is 0. The maximum absolute atomic E-state index is 5.91. The van der Waals surface area contributed by atoms with Crippen LogP contribution in [0.3, 0.4) is 0 Å². The van der Waals surface area contributed by atoms with Crippen LogP contribution in [0.5, 0.6) is 5.75 Å². The predicted molar refractivity (Wildman–Crippen MR) is 77.0 cm³/mol. The Morgan fingerprint density at radius 3 is 2.67 bits per heavy atom. The molecule has 0 amide bonds. The third-order valence-electron chi connectivity index (χ3n) is 3.17. The normalized spacial score (nSPS) is 16.7. The van der Waals surface area contributed by atoms with Gasteiger partial charge < -0.3 is 15.8 Å². The van der Waals surface area contributed by atoms with Crippen molar-refractivity contribution >= 4 is 11.4 Å². The van der Waals surface area contributed by atoms with Crippen LogP contribution in [0.1, 0.15) is 40.0 Å². The van der Waals surface area contributed by atoms with E-state index in [2.05, 4.69) is 12.2 Å². The van der Waals surface area contributed by atoms with Crippen LogP contribution in [0.15, 0.2) is 18.2 Å². The average molecular weight is 248 g/mol. The van der Waals surface area contributed by atoms with E-state index >= 15 is 0 Å². The second kappa shape index (κ2) is 5.51. The van der Waals surface area contributed by atoms with Gasteiger partial charge in [-0.1, -0.05) is 12.8 Å². The minimum Gasteiger partial charge on any atom is -0.489 e. The maximum atomic E-state index is 5.91. The molecule has 100 valence electrons. The first-order valence-electron chi connectivity index (χ1n) is 6.87. The van der Waals surface area contributed by atoms with E-state index in [1.807, 2.05) is 32.0 Å². The van der Waals surface area contributed by atoms with Crippen molar-refractivity contribution in [2.24, 2.45) is 5.92 Å². The molecule has 1 aromatic rings. The smallest absolute Gasteiger partial charge is 0.144 e. The lowest BCUT2D eigenvalue weighted by molar-refractivity contribution is 0.244. The molecule has 1 atom stereocenters. The van der Waals surface area contributed by atoms with E-state index in [0.29, 0.717) is 11.7 Å². The van der Waals surface area contributed by atoms with Gasteiger partial charge >= 0.3 is 0 Å². The highest BCUT2D eigenvalue weighted by Crippen LogP contribution is 2.34. The first-order chi connectivity index (χ1) is 8.54. The Kier molecular flexibility index (Phi) is 4.00. The number of hydrogen-bond acceptors (Lipinski definition) is 3. The molecule has 0 aromatic heterocycles. The third-order valence-corrected chi connectivity index (χ3v) is 3.17. The lowest BCUT2D eigenvalue weighted by Gasteiger charge is -2.17. The third kappa shape index (κ3) is 3.83. The summed E-state index contributed by atoms with van der Waals surface area (Å²) in [5, 5.41) is 3.52. The molecule has 3 heteroatoms. The van der Waals surface area contributed by atoms with E-state index in [-0.39, 0.29) is 6.10 Å². The van der Waals surface area contributed by atoms with Crippen molar-refractivity contribution in [3.05, 3.63) is 18.2 Å². The Balaban J connectivity index is 1.98. The van der Waals surface area contributed by atoms with Crippen LogP contribution in [-0.2, 0) is 0 Å². The second-order valence-electron chi connectivity index (χ2n) is 5.64. The molecule has 1 saturated carbocycles. The van der Waals surface area contributed by atoms with Gasteiger partial charge in [-0.3, -0.25) is 0 Å². The average Bonchev–Trinajstić information content (AvgIpc) is 3.06. The number of nitrogens with one attached hydrogen (secondary N) is 1. The van der Waals surface area contributed by atoms with Crippen molar-refractivity contribution in [3.63, 3.8) is 0 Å². The zero-order chi connectivity index (χ0) is 13.1. The molecule has 2 rings (SSSR count). The summed E-state index contributed by atoms with van der Waals surface area (Å²) in [6.45, 7) is 6.25. The van der Waals surface area contributed by atoms with E-state index in [4.69, 9.17) is 10.5 Å². The Hall–Kier alpha value is -1.38. The Labute approximate surface area is 110 Å². The second-order valence-corrected chi connectivity index (χ2v) is 5.64. The van der Waals surface area contributed by atoms with Gasteiger partial charge in [-0.25, -0.2) is 0 Å². The molecule has 18 heavy (non-hydrogen) atoms. The van der Waals surface area contributed by atoms with Gasteiger partial charge in [0.1, 0.15) is 5.75 Å². The van der Waals surface area contributed by atoms with E-state index in [0.717, 1.165) is 17.4 Å². The number of ether oxygens (including phenoxy) is 1. The van der Waals surface area contributed by atoms with Gasteiger partial charge in [-0.2, -0.15) is 0 Å². The van der Waals surface area contributed by atoms with Crippen LogP contribution in [0, 0.1) is 5.92 Å². The van der Waals surface area contributed by atoms with Gasteiger partial charge in [0.25, 0.3) is 0 Å². The summed E-state index contributed by atoms with van der Waals surface area (Å²) >= 11 is 0. The number of hydrogen-bond donors (Lipinski definition) is 2. The lowest BCUT2D eigenvalue weighted by atomic mass is 10.1. The SMILES string of the molecule is CC(CC1CC1)Nc1ccc(N)c(OC(C)C)c1. The summed E-state index contributed by atoms with van der Waals surface area (Å²) in [6.07, 6.45) is 4.20. The summed E-state index contributed by atoms with van der Waals surface area (Å²) in [7, 11) is 0. The molecule has 3 nitrogen and oxygen atoms in total. The molecule has 1 unspecified atom stereocenters. The van der Waals surface area contributed by atoms with Crippen molar-refractivity contribution in [2.75, 3.05) is 11.1 Å². The Bertz CT molecular complexity index is 399. The highest BCUT2D eigenvalue weighted by atomic mass is 16.5. The minimum atomic E-state index is 0.145. The fraction of sp³-hybridized carbons (Fsp3) is 0.600. The first-order valence-corrected chi connectivity index (χ1v) is 6.87. The Morgan fingerprint density at radius 1 is 1.33 bits per heavy atom. The van der Waals surface area contributed by atoms with E-state index in [9.17, 15) is 0 Å². The van der Waals surface area contributed by atoms with Crippen LogP contribution >= 0.6 is 0 Å². The van der Waals surface area contributed by atoms with E-state index in [1.165, 1.54) is 19.3 Å². The van der Waals surface area contributed by atoms with Crippen LogP contribution < -0.4 is 15.8 Å². The first kappa shape index (κ1) is 13.1. The fourth-order valence-electron chi connectivity index (χ4n) is 2.18. The van der Waals surface area contributed by atoms with E-state index in [1.54, 1.807) is 0 Å². The summed E-state index contributed by atoms with van der Waals surface area (Å²) in [6, 6.07) is 6.43. The van der Waals surface area contributed by atoms with Gasteiger partial charge in [-0.15, -0.1) is 0 Å². The van der Waals surface area contributed by atoms with Crippen molar-refractivity contribution in [3.8, 4) is 5.75 Å². The number of nitrogen functional groups attached to an aromatic ring is 1. The van der Waals surface area contributed by atoms with Gasteiger partial charge in [0.05, 0.1) is 11.8 Å².